The van der Waals surface area contributed by atoms with Gasteiger partial charge in [0.25, 0.3) is 0 Å². The Hall–Kier alpha value is -1.32. The molecule has 72 valence electrons. The maximum Gasteiger partial charge on any atom is 0.174 e. The monoisotopic (exact) mass is 180 g/mol. The molecule has 0 atom stereocenters. The first kappa shape index (κ1) is 9.77. The number of aliphatic imine (C=N–C) groups is 1. The van der Waals surface area contributed by atoms with Crippen molar-refractivity contribution in [2.45, 2.75) is 13.8 Å². The van der Waals surface area contributed by atoms with E-state index < -0.39 is 0 Å². The normalized spacial score (nSPS) is 12.5. The summed E-state index contributed by atoms with van der Waals surface area (Å²) in [5.41, 5.74) is 5.76. The van der Waals surface area contributed by atoms with Gasteiger partial charge in [-0.05, 0) is 5.92 Å². The molecule has 0 aliphatic carbocycles. The number of nitrogens with two attached hydrogens (primary N) is 1. The third-order valence-electron chi connectivity index (χ3n) is 1.68. The van der Waals surface area contributed by atoms with Gasteiger partial charge in [-0.3, -0.25) is 4.99 Å². The van der Waals surface area contributed by atoms with Crippen molar-refractivity contribution in [1.82, 2.24) is 9.55 Å². The standard InChI is InChI=1S/C9H16N4/c1-7(2)6-12-8(10)9-11-4-5-13(9)3/h4-5,7H,6H2,1-3H3,(H2,10,12). The maximum atomic E-state index is 5.76. The molecule has 1 aromatic heterocycles. The van der Waals surface area contributed by atoms with Crippen molar-refractivity contribution in [3.05, 3.63) is 18.2 Å². The summed E-state index contributed by atoms with van der Waals surface area (Å²) < 4.78 is 1.86. The minimum Gasteiger partial charge on any atom is -0.381 e. The van der Waals surface area contributed by atoms with Gasteiger partial charge in [-0.2, -0.15) is 0 Å². The van der Waals surface area contributed by atoms with Crippen LogP contribution in [-0.4, -0.2) is 21.9 Å². The highest BCUT2D eigenvalue weighted by Crippen LogP contribution is 1.96. The number of aromatic nitrogens is 2. The molecular weight excluding hydrogens is 164 g/mol. The molecule has 4 heteroatoms. The lowest BCUT2D eigenvalue weighted by Crippen LogP contribution is -2.19. The van der Waals surface area contributed by atoms with E-state index in [0.29, 0.717) is 11.8 Å². The van der Waals surface area contributed by atoms with Gasteiger partial charge in [-0.15, -0.1) is 0 Å². The van der Waals surface area contributed by atoms with Crippen molar-refractivity contribution >= 4 is 5.84 Å². The maximum absolute atomic E-state index is 5.76. The van der Waals surface area contributed by atoms with Gasteiger partial charge in [-0.1, -0.05) is 13.8 Å². The molecule has 13 heavy (non-hydrogen) atoms. The Morgan fingerprint density at radius 2 is 2.38 bits per heavy atom. The molecule has 0 amide bonds. The van der Waals surface area contributed by atoms with Crippen LogP contribution in [0.5, 0.6) is 0 Å². The Balaban J connectivity index is 2.73. The van der Waals surface area contributed by atoms with Gasteiger partial charge in [0.05, 0.1) is 0 Å². The molecule has 0 saturated carbocycles. The molecule has 1 rings (SSSR count). The number of amidine groups is 1. The highest BCUT2D eigenvalue weighted by atomic mass is 15.1. The van der Waals surface area contributed by atoms with Gasteiger partial charge >= 0.3 is 0 Å². The lowest BCUT2D eigenvalue weighted by atomic mass is 10.2. The first-order valence-corrected chi connectivity index (χ1v) is 4.39. The van der Waals surface area contributed by atoms with Crippen LogP contribution in [0.15, 0.2) is 17.4 Å². The third-order valence-corrected chi connectivity index (χ3v) is 1.68. The summed E-state index contributed by atoms with van der Waals surface area (Å²) in [5.74, 6) is 1.78. The zero-order valence-electron chi connectivity index (χ0n) is 8.36. The van der Waals surface area contributed by atoms with Gasteiger partial charge in [0.2, 0.25) is 0 Å². The predicted molar refractivity (Wildman–Crippen MR) is 53.6 cm³/mol. The number of imidazole rings is 1. The number of nitrogens with zero attached hydrogens (tertiary/aromatic N) is 3. The summed E-state index contributed by atoms with van der Waals surface area (Å²) >= 11 is 0. The minimum absolute atomic E-state index is 0.515. The van der Waals surface area contributed by atoms with Crippen LogP contribution in [0.3, 0.4) is 0 Å². The zero-order chi connectivity index (χ0) is 9.84. The Kier molecular flexibility index (Phi) is 3.06. The van der Waals surface area contributed by atoms with Crippen molar-refractivity contribution in [2.24, 2.45) is 23.7 Å². The molecular formula is C9H16N4. The quantitative estimate of drug-likeness (QED) is 0.552. The molecule has 1 aromatic rings. The number of rotatable bonds is 3. The van der Waals surface area contributed by atoms with E-state index >= 15 is 0 Å². The summed E-state index contributed by atoms with van der Waals surface area (Å²) in [6, 6.07) is 0. The zero-order valence-corrected chi connectivity index (χ0v) is 8.36. The van der Waals surface area contributed by atoms with Gasteiger partial charge in [0.1, 0.15) is 0 Å². The molecule has 0 fully saturated rings. The SMILES string of the molecule is CC(C)CN=C(N)c1nccn1C. The second kappa shape index (κ2) is 4.07. The molecule has 0 radical (unpaired) electrons. The average Bonchev–Trinajstić information content (AvgIpc) is 2.47. The molecule has 0 aliphatic heterocycles. The first-order valence-electron chi connectivity index (χ1n) is 4.39. The van der Waals surface area contributed by atoms with Gasteiger partial charge in [0, 0.05) is 26.0 Å². The Labute approximate surface area is 78.5 Å². The Bertz CT molecular complexity index is 298. The lowest BCUT2D eigenvalue weighted by molar-refractivity contribution is 0.664. The Morgan fingerprint density at radius 3 is 2.85 bits per heavy atom. The number of aryl methyl sites for hydroxylation is 1. The summed E-state index contributed by atoms with van der Waals surface area (Å²) in [6.45, 7) is 4.96. The van der Waals surface area contributed by atoms with Crippen molar-refractivity contribution < 1.29 is 0 Å². The Morgan fingerprint density at radius 1 is 1.69 bits per heavy atom. The van der Waals surface area contributed by atoms with Crippen LogP contribution in [-0.2, 0) is 7.05 Å². The fourth-order valence-corrected chi connectivity index (χ4v) is 0.964. The molecule has 1 heterocycles. The van der Waals surface area contributed by atoms with Gasteiger partial charge in [0.15, 0.2) is 11.7 Å². The predicted octanol–water partition coefficient (Wildman–Crippen LogP) is 0.781. The van der Waals surface area contributed by atoms with E-state index in [1.54, 1.807) is 6.20 Å². The fourth-order valence-electron chi connectivity index (χ4n) is 0.964. The minimum atomic E-state index is 0.515. The van der Waals surface area contributed by atoms with Crippen LogP contribution >= 0.6 is 0 Å². The van der Waals surface area contributed by atoms with E-state index in [2.05, 4.69) is 23.8 Å². The topological polar surface area (TPSA) is 56.2 Å². The van der Waals surface area contributed by atoms with Crippen LogP contribution < -0.4 is 5.73 Å². The molecule has 0 saturated heterocycles. The number of hydrogen-bond donors (Lipinski definition) is 1. The third kappa shape index (κ3) is 2.57. The molecule has 0 aliphatic rings. The summed E-state index contributed by atoms with van der Waals surface area (Å²) in [6.07, 6.45) is 3.57. The van der Waals surface area contributed by atoms with Crippen LogP contribution in [0.4, 0.5) is 0 Å². The van der Waals surface area contributed by atoms with Crippen LogP contribution in [0.2, 0.25) is 0 Å². The molecule has 0 aromatic carbocycles. The van der Waals surface area contributed by atoms with Crippen molar-refractivity contribution in [3.63, 3.8) is 0 Å². The van der Waals surface area contributed by atoms with Crippen molar-refractivity contribution in [2.75, 3.05) is 6.54 Å². The molecule has 0 spiro atoms. The largest absolute Gasteiger partial charge is 0.381 e. The highest BCUT2D eigenvalue weighted by molar-refractivity contribution is 5.94. The summed E-state index contributed by atoms with van der Waals surface area (Å²) in [7, 11) is 1.90. The van der Waals surface area contributed by atoms with Crippen LogP contribution in [0.25, 0.3) is 0 Å². The van der Waals surface area contributed by atoms with Gasteiger partial charge < -0.3 is 10.3 Å². The van der Waals surface area contributed by atoms with E-state index in [0.717, 1.165) is 12.4 Å². The molecule has 2 N–H and O–H groups in total. The van der Waals surface area contributed by atoms with Crippen molar-refractivity contribution in [1.29, 1.82) is 0 Å². The second-order valence-corrected chi connectivity index (χ2v) is 3.48. The number of hydrogen-bond acceptors (Lipinski definition) is 2. The van der Waals surface area contributed by atoms with Crippen LogP contribution in [0.1, 0.15) is 19.7 Å². The van der Waals surface area contributed by atoms with E-state index in [4.69, 9.17) is 5.73 Å². The van der Waals surface area contributed by atoms with E-state index in [1.807, 2.05) is 17.8 Å². The van der Waals surface area contributed by atoms with E-state index in [-0.39, 0.29) is 0 Å². The fraction of sp³-hybridized carbons (Fsp3) is 0.556. The van der Waals surface area contributed by atoms with Crippen molar-refractivity contribution in [3.8, 4) is 0 Å². The van der Waals surface area contributed by atoms with Crippen LogP contribution in [0, 0.1) is 5.92 Å². The summed E-state index contributed by atoms with van der Waals surface area (Å²) in [5, 5.41) is 0. The second-order valence-electron chi connectivity index (χ2n) is 3.48. The van der Waals surface area contributed by atoms with Gasteiger partial charge in [-0.25, -0.2) is 4.98 Å². The molecule has 4 nitrogen and oxygen atoms in total. The average molecular weight is 180 g/mol. The van der Waals surface area contributed by atoms with E-state index in [1.165, 1.54) is 0 Å². The lowest BCUT2D eigenvalue weighted by Gasteiger charge is -2.02. The highest BCUT2D eigenvalue weighted by Gasteiger charge is 2.03. The molecule has 0 unspecified atom stereocenters. The smallest absolute Gasteiger partial charge is 0.174 e. The summed E-state index contributed by atoms with van der Waals surface area (Å²) in [4.78, 5) is 8.34. The molecule has 0 bridgehead atoms. The first-order chi connectivity index (χ1) is 6.11. The van der Waals surface area contributed by atoms with E-state index in [9.17, 15) is 0 Å².